The van der Waals surface area contributed by atoms with Crippen LogP contribution in [0.5, 0.6) is 0 Å². The summed E-state index contributed by atoms with van der Waals surface area (Å²) in [7, 11) is 0. The number of anilines is 2. The van der Waals surface area contributed by atoms with Crippen LogP contribution >= 0.6 is 0 Å². The van der Waals surface area contributed by atoms with Crippen LogP contribution in [0.3, 0.4) is 0 Å². The molecule has 1 saturated heterocycles. The molecule has 6 heteroatoms. The van der Waals surface area contributed by atoms with E-state index in [9.17, 15) is 4.79 Å². The summed E-state index contributed by atoms with van der Waals surface area (Å²) in [5, 5.41) is 3.00. The number of likely N-dealkylation sites (N-methyl/N-ethyl adjacent to an activating group) is 1. The molecule has 1 aliphatic rings. The molecular weight excluding hydrogens is 326 g/mol. The summed E-state index contributed by atoms with van der Waals surface area (Å²) in [4.78, 5) is 26.0. The Labute approximate surface area is 155 Å². The second-order valence-corrected chi connectivity index (χ2v) is 6.92. The van der Waals surface area contributed by atoms with Crippen LogP contribution in [0.2, 0.25) is 0 Å². The first-order valence-corrected chi connectivity index (χ1v) is 9.16. The third-order valence-electron chi connectivity index (χ3n) is 4.92. The zero-order chi connectivity index (χ0) is 18.7. The largest absolute Gasteiger partial charge is 0.338 e. The molecule has 3 rings (SSSR count). The third kappa shape index (κ3) is 4.02. The van der Waals surface area contributed by atoms with Gasteiger partial charge in [-0.25, -0.2) is 9.97 Å². The Kier molecular flexibility index (Phi) is 5.52. The molecule has 0 bridgehead atoms. The summed E-state index contributed by atoms with van der Waals surface area (Å²) in [5.74, 6) is 0.516. The van der Waals surface area contributed by atoms with Crippen LogP contribution in [0.25, 0.3) is 0 Å². The molecule has 0 aliphatic carbocycles. The summed E-state index contributed by atoms with van der Waals surface area (Å²) in [6.07, 6.45) is 3.23. The van der Waals surface area contributed by atoms with Crippen molar-refractivity contribution in [2.45, 2.75) is 27.7 Å². The first kappa shape index (κ1) is 18.3. The number of piperazine rings is 1. The van der Waals surface area contributed by atoms with Gasteiger partial charge in [0.25, 0.3) is 5.91 Å². The Balaban J connectivity index is 1.68. The van der Waals surface area contributed by atoms with E-state index in [2.05, 4.69) is 51.1 Å². The van der Waals surface area contributed by atoms with Crippen molar-refractivity contribution in [3.05, 3.63) is 46.8 Å². The van der Waals surface area contributed by atoms with Crippen molar-refractivity contribution in [1.29, 1.82) is 0 Å². The molecule has 6 nitrogen and oxygen atoms in total. The lowest BCUT2D eigenvalue weighted by molar-refractivity contribution is 0.102. The molecular formula is C20H27N5O. The predicted molar refractivity (Wildman–Crippen MR) is 105 cm³/mol. The molecule has 0 unspecified atom stereocenters. The van der Waals surface area contributed by atoms with Crippen molar-refractivity contribution in [1.82, 2.24) is 14.9 Å². The highest BCUT2D eigenvalue weighted by Gasteiger charge is 2.18. The van der Waals surface area contributed by atoms with Crippen molar-refractivity contribution in [2.75, 3.05) is 42.9 Å². The summed E-state index contributed by atoms with van der Waals surface area (Å²) in [5.41, 5.74) is 4.64. The lowest BCUT2D eigenvalue weighted by Crippen LogP contribution is -2.46. The second-order valence-electron chi connectivity index (χ2n) is 6.92. The molecule has 0 atom stereocenters. The van der Waals surface area contributed by atoms with Crippen LogP contribution in [0.1, 0.15) is 34.0 Å². The minimum atomic E-state index is -0.178. The lowest BCUT2D eigenvalue weighted by atomic mass is 10.0. The maximum atomic E-state index is 12.6. The Bertz CT molecular complexity index is 756. The number of hydrogen-bond acceptors (Lipinski definition) is 5. The number of aryl methyl sites for hydroxylation is 3. The predicted octanol–water partition coefficient (Wildman–Crippen LogP) is 2.80. The van der Waals surface area contributed by atoms with E-state index in [-0.39, 0.29) is 5.91 Å². The van der Waals surface area contributed by atoms with E-state index in [1.807, 2.05) is 13.8 Å². The molecule has 2 heterocycles. The normalized spacial score (nSPS) is 15.2. The van der Waals surface area contributed by atoms with E-state index in [0.29, 0.717) is 11.5 Å². The Morgan fingerprint density at radius 2 is 1.62 bits per heavy atom. The highest BCUT2D eigenvalue weighted by Crippen LogP contribution is 2.22. The van der Waals surface area contributed by atoms with Crippen LogP contribution in [-0.2, 0) is 0 Å². The van der Waals surface area contributed by atoms with Gasteiger partial charge in [0, 0.05) is 44.3 Å². The fourth-order valence-electron chi connectivity index (χ4n) is 3.43. The molecule has 1 aromatic heterocycles. The fourth-order valence-corrected chi connectivity index (χ4v) is 3.43. The topological polar surface area (TPSA) is 61.4 Å². The zero-order valence-electron chi connectivity index (χ0n) is 16.0. The van der Waals surface area contributed by atoms with Gasteiger partial charge in [0.15, 0.2) is 0 Å². The third-order valence-corrected chi connectivity index (χ3v) is 4.92. The van der Waals surface area contributed by atoms with Crippen molar-refractivity contribution >= 4 is 17.5 Å². The number of aromatic nitrogens is 2. The molecule has 1 N–H and O–H groups in total. The van der Waals surface area contributed by atoms with Crippen LogP contribution in [0.15, 0.2) is 24.5 Å². The first-order valence-electron chi connectivity index (χ1n) is 9.16. The smallest absolute Gasteiger partial charge is 0.258 e. The minimum absolute atomic E-state index is 0.178. The van der Waals surface area contributed by atoms with Crippen LogP contribution < -0.4 is 10.2 Å². The van der Waals surface area contributed by atoms with E-state index in [1.54, 1.807) is 12.4 Å². The maximum absolute atomic E-state index is 12.6. The lowest BCUT2D eigenvalue weighted by Gasteiger charge is -2.33. The van der Waals surface area contributed by atoms with Gasteiger partial charge >= 0.3 is 0 Å². The zero-order valence-corrected chi connectivity index (χ0v) is 16.0. The van der Waals surface area contributed by atoms with Crippen molar-refractivity contribution in [3.63, 3.8) is 0 Å². The van der Waals surface area contributed by atoms with Gasteiger partial charge in [0.1, 0.15) is 0 Å². The molecule has 26 heavy (non-hydrogen) atoms. The van der Waals surface area contributed by atoms with Crippen molar-refractivity contribution < 1.29 is 4.79 Å². The van der Waals surface area contributed by atoms with Gasteiger partial charge < -0.3 is 15.1 Å². The summed E-state index contributed by atoms with van der Waals surface area (Å²) >= 11 is 0. The molecule has 0 radical (unpaired) electrons. The van der Waals surface area contributed by atoms with Crippen LogP contribution in [0.4, 0.5) is 11.6 Å². The molecule has 138 valence electrons. The molecule has 0 saturated carbocycles. The van der Waals surface area contributed by atoms with Crippen LogP contribution in [0, 0.1) is 20.8 Å². The van der Waals surface area contributed by atoms with E-state index in [1.165, 1.54) is 5.56 Å². The molecule has 0 spiro atoms. The Morgan fingerprint density at radius 3 is 2.15 bits per heavy atom. The quantitative estimate of drug-likeness (QED) is 0.916. The Morgan fingerprint density at radius 1 is 1.04 bits per heavy atom. The highest BCUT2D eigenvalue weighted by molar-refractivity contribution is 6.04. The van der Waals surface area contributed by atoms with Gasteiger partial charge in [0.2, 0.25) is 5.95 Å². The number of benzene rings is 1. The van der Waals surface area contributed by atoms with E-state index in [0.717, 1.165) is 49.5 Å². The standard InChI is InChI=1S/C20H27N5O/c1-5-24-6-8-25(9-7-24)20-21-12-17(13-22-20)19(26)23-18-15(3)10-14(2)11-16(18)4/h10-13H,5-9H2,1-4H3,(H,23,26). The number of nitrogens with one attached hydrogen (secondary N) is 1. The average molecular weight is 353 g/mol. The minimum Gasteiger partial charge on any atom is -0.338 e. The summed E-state index contributed by atoms with van der Waals surface area (Å²) in [6, 6.07) is 4.14. The van der Waals surface area contributed by atoms with Crippen molar-refractivity contribution in [2.24, 2.45) is 0 Å². The van der Waals surface area contributed by atoms with Gasteiger partial charge in [-0.05, 0) is 38.4 Å². The summed E-state index contributed by atoms with van der Waals surface area (Å²) < 4.78 is 0. The van der Waals surface area contributed by atoms with E-state index in [4.69, 9.17) is 0 Å². The highest BCUT2D eigenvalue weighted by atomic mass is 16.1. The molecule has 1 fully saturated rings. The first-order chi connectivity index (χ1) is 12.5. The number of carbonyl (C=O) groups is 1. The van der Waals surface area contributed by atoms with E-state index >= 15 is 0 Å². The van der Waals surface area contributed by atoms with E-state index < -0.39 is 0 Å². The monoisotopic (exact) mass is 353 g/mol. The average Bonchev–Trinajstić information content (AvgIpc) is 2.64. The van der Waals surface area contributed by atoms with Gasteiger partial charge in [-0.2, -0.15) is 0 Å². The SMILES string of the molecule is CCN1CCN(c2ncc(C(=O)Nc3c(C)cc(C)cc3C)cn2)CC1. The summed E-state index contributed by atoms with van der Waals surface area (Å²) in [6.45, 7) is 13.2. The number of rotatable bonds is 4. The van der Waals surface area contributed by atoms with Crippen molar-refractivity contribution in [3.8, 4) is 0 Å². The van der Waals surface area contributed by atoms with Gasteiger partial charge in [0.05, 0.1) is 5.56 Å². The Hall–Kier alpha value is -2.47. The second kappa shape index (κ2) is 7.83. The number of nitrogens with zero attached hydrogens (tertiary/aromatic N) is 4. The molecule has 2 aromatic rings. The van der Waals surface area contributed by atoms with Crippen LogP contribution in [-0.4, -0.2) is 53.5 Å². The van der Waals surface area contributed by atoms with Gasteiger partial charge in [-0.15, -0.1) is 0 Å². The number of amides is 1. The maximum Gasteiger partial charge on any atom is 0.258 e. The van der Waals surface area contributed by atoms with Gasteiger partial charge in [-0.3, -0.25) is 4.79 Å². The fraction of sp³-hybridized carbons (Fsp3) is 0.450. The number of carbonyl (C=O) groups excluding carboxylic acids is 1. The molecule has 1 amide bonds. The molecule has 1 aliphatic heterocycles. The molecule has 1 aromatic carbocycles. The number of hydrogen-bond donors (Lipinski definition) is 1. The van der Waals surface area contributed by atoms with Gasteiger partial charge in [-0.1, -0.05) is 24.6 Å².